The fourth-order valence-corrected chi connectivity index (χ4v) is 2.03. The molecule has 0 saturated heterocycles. The number of nitriles is 1. The molecule has 1 rings (SSSR count). The molecule has 1 aromatic heterocycles. The van der Waals surface area contributed by atoms with Crippen molar-refractivity contribution >= 4 is 11.7 Å². The fraction of sp³-hybridized carbons (Fsp3) is 0.500. The highest BCUT2D eigenvalue weighted by molar-refractivity contribution is 5.73. The van der Waals surface area contributed by atoms with Crippen LogP contribution in [0.5, 0.6) is 0 Å². The van der Waals surface area contributed by atoms with Gasteiger partial charge in [-0.1, -0.05) is 6.92 Å². The predicted octanol–water partition coefficient (Wildman–Crippen LogP) is 1.82. The van der Waals surface area contributed by atoms with E-state index in [1.54, 1.807) is 6.92 Å². The van der Waals surface area contributed by atoms with Crippen LogP contribution in [-0.2, 0) is 9.53 Å². The van der Waals surface area contributed by atoms with E-state index in [2.05, 4.69) is 11.1 Å². The lowest BCUT2D eigenvalue weighted by Crippen LogP contribution is -2.30. The maximum atomic E-state index is 11.4. The van der Waals surface area contributed by atoms with Crippen LogP contribution in [0.2, 0.25) is 0 Å². The first-order valence-corrected chi connectivity index (χ1v) is 6.08. The van der Waals surface area contributed by atoms with Gasteiger partial charge in [0.15, 0.2) is 0 Å². The lowest BCUT2D eigenvalue weighted by Gasteiger charge is -2.24. The molecule has 5 nitrogen and oxygen atoms in total. The Morgan fingerprint density at radius 1 is 1.58 bits per heavy atom. The Kier molecular flexibility index (Phi) is 4.87. The van der Waals surface area contributed by atoms with E-state index in [1.165, 1.54) is 7.11 Å². The Morgan fingerprint density at radius 3 is 2.74 bits per heavy atom. The van der Waals surface area contributed by atoms with Gasteiger partial charge in [0.05, 0.1) is 30.0 Å². The van der Waals surface area contributed by atoms with Gasteiger partial charge >= 0.3 is 5.97 Å². The first-order chi connectivity index (χ1) is 8.90. The third-order valence-corrected chi connectivity index (χ3v) is 2.98. The number of carbonyl (C=O) groups excluding carboxylic acids is 1. The molecular formula is C14H19N3O2. The molecule has 5 heteroatoms. The van der Waals surface area contributed by atoms with Crippen molar-refractivity contribution in [1.82, 2.24) is 4.98 Å². The summed E-state index contributed by atoms with van der Waals surface area (Å²) in [6, 6.07) is 4.02. The number of aromatic nitrogens is 1. The van der Waals surface area contributed by atoms with Gasteiger partial charge in [-0.15, -0.1) is 0 Å². The minimum Gasteiger partial charge on any atom is -0.469 e. The van der Waals surface area contributed by atoms with Crippen molar-refractivity contribution in [3.8, 4) is 6.07 Å². The molecule has 1 unspecified atom stereocenters. The average molecular weight is 261 g/mol. The van der Waals surface area contributed by atoms with Crippen molar-refractivity contribution in [3.63, 3.8) is 0 Å². The number of pyridine rings is 1. The van der Waals surface area contributed by atoms with Crippen LogP contribution < -0.4 is 4.90 Å². The molecule has 0 bridgehead atoms. The number of anilines is 1. The zero-order valence-electron chi connectivity index (χ0n) is 12.0. The third-order valence-electron chi connectivity index (χ3n) is 2.98. The van der Waals surface area contributed by atoms with E-state index in [4.69, 9.17) is 4.74 Å². The van der Waals surface area contributed by atoms with Gasteiger partial charge in [-0.25, -0.2) is 0 Å². The second kappa shape index (κ2) is 6.19. The number of rotatable bonds is 4. The van der Waals surface area contributed by atoms with E-state index in [0.717, 1.165) is 11.4 Å². The summed E-state index contributed by atoms with van der Waals surface area (Å²) in [5.74, 6) is -0.511. The van der Waals surface area contributed by atoms with E-state index in [1.807, 2.05) is 31.9 Å². The van der Waals surface area contributed by atoms with Crippen molar-refractivity contribution in [1.29, 1.82) is 5.26 Å². The summed E-state index contributed by atoms with van der Waals surface area (Å²) >= 11 is 0. The topological polar surface area (TPSA) is 66.2 Å². The quantitative estimate of drug-likeness (QED) is 0.773. The highest BCUT2D eigenvalue weighted by atomic mass is 16.5. The highest BCUT2D eigenvalue weighted by Crippen LogP contribution is 2.23. The molecule has 102 valence electrons. The lowest BCUT2D eigenvalue weighted by atomic mass is 10.1. The summed E-state index contributed by atoms with van der Waals surface area (Å²) in [5, 5.41) is 9.22. The number of hydrogen-bond donors (Lipinski definition) is 0. The van der Waals surface area contributed by atoms with Crippen LogP contribution in [-0.4, -0.2) is 31.7 Å². The molecule has 0 spiro atoms. The second-order valence-electron chi connectivity index (χ2n) is 4.66. The van der Waals surface area contributed by atoms with Gasteiger partial charge in [-0.2, -0.15) is 5.26 Å². The molecule has 0 saturated carbocycles. The van der Waals surface area contributed by atoms with Crippen molar-refractivity contribution in [2.24, 2.45) is 5.92 Å². The molecule has 0 fully saturated rings. The van der Waals surface area contributed by atoms with Gasteiger partial charge < -0.3 is 9.64 Å². The number of carbonyl (C=O) groups is 1. The van der Waals surface area contributed by atoms with Gasteiger partial charge in [0, 0.05) is 19.3 Å². The van der Waals surface area contributed by atoms with Gasteiger partial charge in [-0.3, -0.25) is 9.78 Å². The highest BCUT2D eigenvalue weighted by Gasteiger charge is 2.18. The summed E-state index contributed by atoms with van der Waals surface area (Å²) in [7, 11) is 3.23. The smallest absolute Gasteiger partial charge is 0.310 e. The number of nitrogens with zero attached hydrogens (tertiary/aromatic N) is 3. The lowest BCUT2D eigenvalue weighted by molar-refractivity contribution is -0.144. The Hall–Kier alpha value is -2.09. The van der Waals surface area contributed by atoms with Gasteiger partial charge in [0.1, 0.15) is 6.07 Å². The number of esters is 1. The SMILES string of the molecule is COC(=O)C(C)CN(C)c1cc(C)nc(C)c1C#N. The third kappa shape index (κ3) is 3.44. The summed E-state index contributed by atoms with van der Waals surface area (Å²) < 4.78 is 4.71. The molecule has 0 aromatic carbocycles. The van der Waals surface area contributed by atoms with Crippen molar-refractivity contribution in [2.45, 2.75) is 20.8 Å². The molecule has 1 aromatic rings. The number of aryl methyl sites for hydroxylation is 2. The van der Waals surface area contributed by atoms with Gasteiger partial charge in [-0.05, 0) is 19.9 Å². The molecule has 1 atom stereocenters. The predicted molar refractivity (Wildman–Crippen MR) is 72.9 cm³/mol. The summed E-state index contributed by atoms with van der Waals surface area (Å²) in [4.78, 5) is 17.6. The summed E-state index contributed by atoms with van der Waals surface area (Å²) in [6.45, 7) is 5.99. The number of methoxy groups -OCH3 is 1. The molecule has 0 amide bonds. The normalized spacial score (nSPS) is 11.6. The first-order valence-electron chi connectivity index (χ1n) is 6.08. The molecule has 1 heterocycles. The number of ether oxygens (including phenoxy) is 1. The van der Waals surface area contributed by atoms with Crippen LogP contribution in [0.15, 0.2) is 6.07 Å². The van der Waals surface area contributed by atoms with E-state index < -0.39 is 0 Å². The molecule has 0 aliphatic carbocycles. The molecular weight excluding hydrogens is 242 g/mol. The van der Waals surface area contributed by atoms with Crippen LogP contribution in [0.1, 0.15) is 23.9 Å². The van der Waals surface area contributed by atoms with Gasteiger partial charge in [0.2, 0.25) is 0 Å². The second-order valence-corrected chi connectivity index (χ2v) is 4.66. The monoisotopic (exact) mass is 261 g/mol. The first kappa shape index (κ1) is 15.0. The molecule has 0 aliphatic rings. The largest absolute Gasteiger partial charge is 0.469 e. The van der Waals surface area contributed by atoms with Crippen molar-refractivity contribution < 1.29 is 9.53 Å². The van der Waals surface area contributed by atoms with Crippen LogP contribution in [0.25, 0.3) is 0 Å². The molecule has 19 heavy (non-hydrogen) atoms. The van der Waals surface area contributed by atoms with E-state index >= 15 is 0 Å². The standard InChI is InChI=1S/C14H19N3O2/c1-9(14(18)19-5)8-17(4)13-6-10(2)16-11(3)12(13)7-15/h6,9H,8H2,1-5H3. The summed E-state index contributed by atoms with van der Waals surface area (Å²) in [6.07, 6.45) is 0. The zero-order chi connectivity index (χ0) is 14.6. The van der Waals surface area contributed by atoms with E-state index in [0.29, 0.717) is 17.8 Å². The fourth-order valence-electron chi connectivity index (χ4n) is 2.03. The van der Waals surface area contributed by atoms with Crippen molar-refractivity contribution in [3.05, 3.63) is 23.0 Å². The Morgan fingerprint density at radius 2 is 2.21 bits per heavy atom. The summed E-state index contributed by atoms with van der Waals surface area (Å²) in [5.41, 5.74) is 2.90. The molecule has 0 radical (unpaired) electrons. The molecule has 0 N–H and O–H groups in total. The van der Waals surface area contributed by atoms with Gasteiger partial charge in [0.25, 0.3) is 0 Å². The average Bonchev–Trinajstić information content (AvgIpc) is 2.36. The Balaban J connectivity index is 3.03. The Labute approximate surface area is 113 Å². The van der Waals surface area contributed by atoms with Crippen LogP contribution in [0.4, 0.5) is 5.69 Å². The zero-order valence-corrected chi connectivity index (χ0v) is 12.0. The van der Waals surface area contributed by atoms with Crippen LogP contribution >= 0.6 is 0 Å². The number of hydrogen-bond acceptors (Lipinski definition) is 5. The Bertz CT molecular complexity index is 520. The minimum absolute atomic E-state index is 0.254. The maximum Gasteiger partial charge on any atom is 0.310 e. The van der Waals surface area contributed by atoms with E-state index in [-0.39, 0.29) is 11.9 Å². The van der Waals surface area contributed by atoms with Crippen LogP contribution in [0.3, 0.4) is 0 Å². The van der Waals surface area contributed by atoms with Crippen LogP contribution in [0, 0.1) is 31.1 Å². The van der Waals surface area contributed by atoms with Crippen molar-refractivity contribution in [2.75, 3.05) is 25.6 Å². The minimum atomic E-state index is -0.257. The molecule has 0 aliphatic heterocycles. The van der Waals surface area contributed by atoms with E-state index in [9.17, 15) is 10.1 Å². The maximum absolute atomic E-state index is 11.4.